The molecule has 36 heavy (non-hydrogen) atoms. The van der Waals surface area contributed by atoms with Crippen molar-refractivity contribution in [3.8, 4) is 28.4 Å². The molecule has 4 aromatic rings. The Labute approximate surface area is 214 Å². The Morgan fingerprint density at radius 1 is 0.972 bits per heavy atom. The maximum atomic E-state index is 13.0. The highest BCUT2D eigenvalue weighted by Crippen LogP contribution is 2.44. The zero-order valence-corrected chi connectivity index (χ0v) is 21.3. The van der Waals surface area contributed by atoms with Crippen LogP contribution < -0.4 is 9.47 Å². The molecule has 0 aliphatic rings. The summed E-state index contributed by atoms with van der Waals surface area (Å²) in [5.41, 5.74) is 1.54. The first-order chi connectivity index (χ1) is 17.1. The molecule has 0 spiro atoms. The van der Waals surface area contributed by atoms with Gasteiger partial charge in [-0.2, -0.15) is 13.2 Å². The van der Waals surface area contributed by atoms with Crippen molar-refractivity contribution in [2.75, 3.05) is 6.61 Å². The summed E-state index contributed by atoms with van der Waals surface area (Å²) in [6.07, 6.45) is -4.44. The number of hydrogen-bond donors (Lipinski definition) is 1. The number of fused-ring (bicyclic) bond motifs is 1. The second-order valence-electron chi connectivity index (χ2n) is 8.21. The van der Waals surface area contributed by atoms with Crippen molar-refractivity contribution in [1.82, 2.24) is 4.98 Å². The minimum atomic E-state index is -4.44. The van der Waals surface area contributed by atoms with Gasteiger partial charge in [-0.15, -0.1) is 0 Å². The Kier molecular flexibility index (Phi) is 7.31. The summed E-state index contributed by atoms with van der Waals surface area (Å²) in [6, 6.07) is 15.3. The van der Waals surface area contributed by atoms with Gasteiger partial charge in [0.1, 0.15) is 22.9 Å². The van der Waals surface area contributed by atoms with E-state index in [4.69, 9.17) is 14.2 Å². The average Bonchev–Trinajstić information content (AvgIpc) is 3.16. The first-order valence-corrected chi connectivity index (χ1v) is 12.0. The van der Waals surface area contributed by atoms with Crippen LogP contribution in [0.1, 0.15) is 36.8 Å². The first kappa shape index (κ1) is 25.6. The van der Waals surface area contributed by atoms with Gasteiger partial charge >= 0.3 is 12.1 Å². The second-order valence-corrected chi connectivity index (χ2v) is 9.00. The number of hydrogen-bond acceptors (Lipinski definition) is 4. The standard InChI is InChI=1S/C27H23BrF3NO4/c1-4-34-26(33)25-24(28)23-20(32-25)13-14-21(36-19-11-7-17(8-12-19)27(29,30)31)22(23)16-5-9-18(10-6-16)35-15(2)3/h5-15,32H,4H2,1-3H3. The van der Waals surface area contributed by atoms with Gasteiger partial charge in [-0.25, -0.2) is 4.79 Å². The summed E-state index contributed by atoms with van der Waals surface area (Å²) in [5.74, 6) is 0.805. The third kappa shape index (κ3) is 5.36. The van der Waals surface area contributed by atoms with Crippen molar-refractivity contribution in [3.63, 3.8) is 0 Å². The fraction of sp³-hybridized carbons (Fsp3) is 0.222. The fourth-order valence-corrected chi connectivity index (χ4v) is 4.43. The largest absolute Gasteiger partial charge is 0.491 e. The molecule has 0 amide bonds. The van der Waals surface area contributed by atoms with Crippen LogP contribution in [0.4, 0.5) is 13.2 Å². The van der Waals surface area contributed by atoms with Crippen molar-refractivity contribution in [2.45, 2.75) is 33.1 Å². The third-order valence-electron chi connectivity index (χ3n) is 5.27. The van der Waals surface area contributed by atoms with Crippen LogP contribution in [0.25, 0.3) is 22.0 Å². The third-order valence-corrected chi connectivity index (χ3v) is 6.06. The lowest BCUT2D eigenvalue weighted by molar-refractivity contribution is -0.137. The summed E-state index contributed by atoms with van der Waals surface area (Å²) in [5, 5.41) is 0.667. The highest BCUT2D eigenvalue weighted by atomic mass is 79.9. The van der Waals surface area contributed by atoms with Gasteiger partial charge in [0.25, 0.3) is 0 Å². The van der Waals surface area contributed by atoms with Crippen LogP contribution in [0, 0.1) is 0 Å². The molecule has 1 heterocycles. The SMILES string of the molecule is CCOC(=O)c1[nH]c2ccc(Oc3ccc(C(F)(F)F)cc3)c(-c3ccc(OC(C)C)cc3)c2c1Br. The Hall–Kier alpha value is -3.46. The van der Waals surface area contributed by atoms with Gasteiger partial charge in [-0.1, -0.05) is 12.1 Å². The van der Waals surface area contributed by atoms with Crippen LogP contribution >= 0.6 is 15.9 Å². The Morgan fingerprint density at radius 3 is 2.19 bits per heavy atom. The lowest BCUT2D eigenvalue weighted by Gasteiger charge is -2.15. The molecule has 0 saturated heterocycles. The quantitative estimate of drug-likeness (QED) is 0.230. The van der Waals surface area contributed by atoms with E-state index in [1.807, 2.05) is 38.1 Å². The van der Waals surface area contributed by atoms with E-state index in [0.717, 1.165) is 17.7 Å². The van der Waals surface area contributed by atoms with Crippen LogP contribution in [-0.2, 0) is 10.9 Å². The molecule has 1 aromatic heterocycles. The van der Waals surface area contributed by atoms with E-state index in [2.05, 4.69) is 20.9 Å². The molecule has 0 atom stereocenters. The zero-order valence-electron chi connectivity index (χ0n) is 19.7. The highest BCUT2D eigenvalue weighted by Gasteiger charge is 2.30. The van der Waals surface area contributed by atoms with E-state index >= 15 is 0 Å². The number of nitrogens with one attached hydrogen (secondary N) is 1. The predicted molar refractivity (Wildman–Crippen MR) is 135 cm³/mol. The van der Waals surface area contributed by atoms with E-state index in [1.54, 1.807) is 19.1 Å². The van der Waals surface area contributed by atoms with Crippen LogP contribution in [-0.4, -0.2) is 23.7 Å². The number of esters is 1. The van der Waals surface area contributed by atoms with Crippen LogP contribution in [0.5, 0.6) is 17.2 Å². The Morgan fingerprint density at radius 2 is 1.61 bits per heavy atom. The number of carbonyl (C=O) groups is 1. The van der Waals surface area contributed by atoms with Crippen molar-refractivity contribution in [1.29, 1.82) is 0 Å². The van der Waals surface area contributed by atoms with Gasteiger partial charge in [0, 0.05) is 16.5 Å². The van der Waals surface area contributed by atoms with Gasteiger partial charge < -0.3 is 19.2 Å². The summed E-state index contributed by atoms with van der Waals surface area (Å²) >= 11 is 3.53. The van der Waals surface area contributed by atoms with E-state index in [1.165, 1.54) is 12.1 Å². The molecule has 0 unspecified atom stereocenters. The molecule has 0 aliphatic heterocycles. The van der Waals surface area contributed by atoms with Crippen molar-refractivity contribution in [2.24, 2.45) is 0 Å². The number of H-pyrrole nitrogens is 1. The summed E-state index contributed by atoms with van der Waals surface area (Å²) in [4.78, 5) is 15.6. The molecule has 0 fully saturated rings. The molecule has 0 radical (unpaired) electrons. The number of halogens is 4. The maximum absolute atomic E-state index is 13.0. The van der Waals surface area contributed by atoms with Gasteiger partial charge in [0.05, 0.1) is 22.7 Å². The molecule has 1 N–H and O–H groups in total. The van der Waals surface area contributed by atoms with Gasteiger partial charge in [0.15, 0.2) is 0 Å². The van der Waals surface area contributed by atoms with E-state index in [-0.39, 0.29) is 24.2 Å². The molecular formula is C27H23BrF3NO4. The van der Waals surface area contributed by atoms with E-state index in [9.17, 15) is 18.0 Å². The second kappa shape index (κ2) is 10.3. The van der Waals surface area contributed by atoms with Crippen LogP contribution in [0.15, 0.2) is 65.1 Å². The number of carbonyl (C=O) groups excluding carboxylic acids is 1. The average molecular weight is 562 g/mol. The summed E-state index contributed by atoms with van der Waals surface area (Å²) in [6.45, 7) is 5.79. The summed E-state index contributed by atoms with van der Waals surface area (Å²) in [7, 11) is 0. The monoisotopic (exact) mass is 561 g/mol. The van der Waals surface area contributed by atoms with E-state index < -0.39 is 17.7 Å². The normalized spacial score (nSPS) is 11.7. The van der Waals surface area contributed by atoms with Crippen LogP contribution in [0.3, 0.4) is 0 Å². The maximum Gasteiger partial charge on any atom is 0.416 e. The molecule has 188 valence electrons. The number of ether oxygens (including phenoxy) is 3. The van der Waals surface area contributed by atoms with Crippen molar-refractivity contribution >= 4 is 32.8 Å². The highest BCUT2D eigenvalue weighted by molar-refractivity contribution is 9.10. The lowest BCUT2D eigenvalue weighted by Crippen LogP contribution is -2.05. The smallest absolute Gasteiger partial charge is 0.416 e. The van der Waals surface area contributed by atoms with Gasteiger partial charge in [-0.05, 0) is 90.8 Å². The lowest BCUT2D eigenvalue weighted by atomic mass is 10.00. The molecular weight excluding hydrogens is 539 g/mol. The predicted octanol–water partition coefficient (Wildman–Crippen LogP) is 8.37. The number of aromatic amines is 1. The first-order valence-electron chi connectivity index (χ1n) is 11.2. The Balaban J connectivity index is 1.84. The number of aromatic nitrogens is 1. The number of benzene rings is 3. The van der Waals surface area contributed by atoms with Crippen LogP contribution in [0.2, 0.25) is 0 Å². The zero-order chi connectivity index (χ0) is 26.0. The molecule has 9 heteroatoms. The van der Waals surface area contributed by atoms with Crippen molar-refractivity contribution < 1.29 is 32.2 Å². The minimum absolute atomic E-state index is 0.00352. The molecule has 0 saturated carbocycles. The minimum Gasteiger partial charge on any atom is -0.491 e. The van der Waals surface area contributed by atoms with Gasteiger partial charge in [-0.3, -0.25) is 0 Å². The van der Waals surface area contributed by atoms with E-state index in [0.29, 0.717) is 32.4 Å². The Bertz CT molecular complexity index is 1380. The molecule has 5 nitrogen and oxygen atoms in total. The molecule has 0 aliphatic carbocycles. The molecule has 4 rings (SSSR count). The topological polar surface area (TPSA) is 60.6 Å². The van der Waals surface area contributed by atoms with Gasteiger partial charge in [0.2, 0.25) is 0 Å². The number of alkyl halides is 3. The molecule has 3 aromatic carbocycles. The summed E-state index contributed by atoms with van der Waals surface area (Å²) < 4.78 is 56.4. The molecule has 0 bridgehead atoms. The fourth-order valence-electron chi connectivity index (χ4n) is 3.76. The number of rotatable bonds is 7. The van der Waals surface area contributed by atoms with Crippen molar-refractivity contribution in [3.05, 3.63) is 76.4 Å².